The van der Waals surface area contributed by atoms with E-state index in [2.05, 4.69) is 0 Å². The summed E-state index contributed by atoms with van der Waals surface area (Å²) in [5.74, 6) is -3.06. The molecule has 0 N–H and O–H groups in total. The van der Waals surface area contributed by atoms with Crippen molar-refractivity contribution in [2.45, 2.75) is 13.0 Å². The number of halogens is 1. The largest absolute Gasteiger partial charge is 0.453 e. The lowest BCUT2D eigenvalue weighted by Gasteiger charge is -2.16. The molecule has 1 atom stereocenters. The lowest BCUT2D eigenvalue weighted by molar-refractivity contribution is -0.146. The summed E-state index contributed by atoms with van der Waals surface area (Å²) < 4.78 is 17.9. The highest BCUT2D eigenvalue weighted by Crippen LogP contribution is 2.22. The Kier molecular flexibility index (Phi) is 4.62. The maximum atomic E-state index is 12.9. The van der Waals surface area contributed by atoms with Crippen LogP contribution in [0, 0.1) is 5.82 Å². The third kappa shape index (κ3) is 3.23. The van der Waals surface area contributed by atoms with Crippen molar-refractivity contribution in [3.63, 3.8) is 0 Å². The zero-order valence-electron chi connectivity index (χ0n) is 13.8. The molecule has 1 aliphatic rings. The van der Waals surface area contributed by atoms with Gasteiger partial charge in [-0.1, -0.05) is 12.1 Å². The smallest absolute Gasteiger partial charge is 0.326 e. The number of amides is 2. The summed E-state index contributed by atoms with van der Waals surface area (Å²) in [7, 11) is 0. The lowest BCUT2D eigenvalue weighted by atomic mass is 10.1. The number of carbonyl (C=O) groups is 4. The molecule has 6 nitrogen and oxygen atoms in total. The summed E-state index contributed by atoms with van der Waals surface area (Å²) in [4.78, 5) is 49.5. The first-order chi connectivity index (χ1) is 12.4. The van der Waals surface area contributed by atoms with E-state index in [9.17, 15) is 23.6 Å². The molecular weight excluding hydrogens is 341 g/mol. The second-order valence-electron chi connectivity index (χ2n) is 5.75. The minimum Gasteiger partial charge on any atom is -0.453 e. The average Bonchev–Trinajstić information content (AvgIpc) is 2.87. The van der Waals surface area contributed by atoms with E-state index in [-0.39, 0.29) is 16.7 Å². The molecule has 0 aromatic heterocycles. The molecule has 3 rings (SSSR count). The van der Waals surface area contributed by atoms with Crippen molar-refractivity contribution in [3.05, 3.63) is 71.0 Å². The van der Waals surface area contributed by atoms with Crippen LogP contribution in [0.2, 0.25) is 0 Å². The Hall–Kier alpha value is -3.35. The normalized spacial score (nSPS) is 14.2. The highest BCUT2D eigenvalue weighted by atomic mass is 19.1. The van der Waals surface area contributed by atoms with Gasteiger partial charge < -0.3 is 4.74 Å². The van der Waals surface area contributed by atoms with Gasteiger partial charge >= 0.3 is 5.97 Å². The van der Waals surface area contributed by atoms with E-state index >= 15 is 0 Å². The summed E-state index contributed by atoms with van der Waals surface area (Å²) in [5.41, 5.74) is 0.633. The van der Waals surface area contributed by atoms with Gasteiger partial charge in [0.2, 0.25) is 5.78 Å². The van der Waals surface area contributed by atoms with Gasteiger partial charge in [-0.2, -0.15) is 0 Å². The molecule has 0 fully saturated rings. The zero-order valence-corrected chi connectivity index (χ0v) is 13.8. The summed E-state index contributed by atoms with van der Waals surface area (Å²) in [6.07, 6.45) is -1.14. The predicted molar refractivity (Wildman–Crippen MR) is 88.1 cm³/mol. The quantitative estimate of drug-likeness (QED) is 0.467. The molecular formula is C19H14FNO5. The first-order valence-electron chi connectivity index (χ1n) is 7.83. The van der Waals surface area contributed by atoms with Gasteiger partial charge in [-0.25, -0.2) is 4.39 Å². The van der Waals surface area contributed by atoms with Crippen LogP contribution >= 0.6 is 0 Å². The Bertz CT molecular complexity index is 871. The molecule has 0 saturated carbocycles. The maximum Gasteiger partial charge on any atom is 0.326 e. The predicted octanol–water partition coefficient (Wildman–Crippen LogP) is 2.24. The Labute approximate surface area is 148 Å². The zero-order chi connectivity index (χ0) is 18.8. The number of ether oxygens (including phenoxy) is 1. The SMILES string of the molecule is C[C@H](OC(=O)CN1C(=O)c2ccccc2C1=O)C(=O)c1ccc(F)cc1. The van der Waals surface area contributed by atoms with E-state index in [0.717, 1.165) is 17.0 Å². The molecule has 2 amide bonds. The summed E-state index contributed by atoms with van der Waals surface area (Å²) in [6, 6.07) is 11.1. The molecule has 0 spiro atoms. The molecule has 2 aromatic carbocycles. The molecule has 0 radical (unpaired) electrons. The van der Waals surface area contributed by atoms with Crippen molar-refractivity contribution >= 4 is 23.6 Å². The molecule has 0 unspecified atom stereocenters. The van der Waals surface area contributed by atoms with Gasteiger partial charge in [0, 0.05) is 5.56 Å². The van der Waals surface area contributed by atoms with E-state index in [4.69, 9.17) is 4.74 Å². The van der Waals surface area contributed by atoms with E-state index in [1.54, 1.807) is 12.1 Å². The van der Waals surface area contributed by atoms with Crippen molar-refractivity contribution in [1.29, 1.82) is 0 Å². The van der Waals surface area contributed by atoms with Crippen LogP contribution in [0.25, 0.3) is 0 Å². The Balaban J connectivity index is 1.64. The van der Waals surface area contributed by atoms with Crippen molar-refractivity contribution in [2.75, 3.05) is 6.54 Å². The fourth-order valence-corrected chi connectivity index (χ4v) is 2.65. The number of rotatable bonds is 5. The standard InChI is InChI=1S/C19H14FNO5/c1-11(17(23)12-6-8-13(20)9-7-12)26-16(22)10-21-18(24)14-4-2-3-5-15(14)19(21)25/h2-9,11H,10H2,1H3/t11-/m0/s1. The number of benzene rings is 2. The van der Waals surface area contributed by atoms with Crippen LogP contribution < -0.4 is 0 Å². The fraction of sp³-hybridized carbons (Fsp3) is 0.158. The number of ketones is 1. The number of esters is 1. The van der Waals surface area contributed by atoms with Crippen LogP contribution in [0.15, 0.2) is 48.5 Å². The highest BCUT2D eigenvalue weighted by Gasteiger charge is 2.37. The van der Waals surface area contributed by atoms with Gasteiger partial charge in [0.1, 0.15) is 12.4 Å². The van der Waals surface area contributed by atoms with Gasteiger partial charge in [0.25, 0.3) is 11.8 Å². The Morgan fingerprint density at radius 2 is 1.54 bits per heavy atom. The molecule has 1 heterocycles. The monoisotopic (exact) mass is 355 g/mol. The number of hydrogen-bond donors (Lipinski definition) is 0. The minimum absolute atomic E-state index is 0.187. The topological polar surface area (TPSA) is 80.8 Å². The van der Waals surface area contributed by atoms with Gasteiger partial charge in [0.15, 0.2) is 6.10 Å². The fourth-order valence-electron chi connectivity index (χ4n) is 2.65. The Morgan fingerprint density at radius 1 is 1.00 bits per heavy atom. The summed E-state index contributed by atoms with van der Waals surface area (Å²) in [6.45, 7) is 0.777. The third-order valence-corrected chi connectivity index (χ3v) is 3.97. The summed E-state index contributed by atoms with van der Waals surface area (Å²) >= 11 is 0. The van der Waals surface area contributed by atoms with Crippen LogP contribution in [0.5, 0.6) is 0 Å². The molecule has 132 valence electrons. The minimum atomic E-state index is -1.14. The summed E-state index contributed by atoms with van der Waals surface area (Å²) in [5, 5.41) is 0. The second-order valence-corrected chi connectivity index (χ2v) is 5.75. The number of Topliss-reactive ketones (excluding diaryl/α,β-unsaturated/α-hetero) is 1. The molecule has 0 bridgehead atoms. The molecule has 7 heteroatoms. The molecule has 0 saturated heterocycles. The molecule has 0 aliphatic carbocycles. The molecule has 1 aliphatic heterocycles. The molecule has 2 aromatic rings. The van der Waals surface area contributed by atoms with E-state index in [1.165, 1.54) is 31.2 Å². The van der Waals surface area contributed by atoms with Gasteiger partial charge in [0.05, 0.1) is 11.1 Å². The first kappa shape index (κ1) is 17.5. The van der Waals surface area contributed by atoms with Crippen LogP contribution in [0.1, 0.15) is 38.0 Å². The number of nitrogens with zero attached hydrogens (tertiary/aromatic N) is 1. The molecule has 26 heavy (non-hydrogen) atoms. The van der Waals surface area contributed by atoms with Crippen molar-refractivity contribution in [1.82, 2.24) is 4.90 Å². The van der Waals surface area contributed by atoms with Crippen LogP contribution in [-0.4, -0.2) is 41.1 Å². The number of hydrogen-bond acceptors (Lipinski definition) is 5. The lowest BCUT2D eigenvalue weighted by Crippen LogP contribution is -2.37. The van der Waals surface area contributed by atoms with E-state index in [1.807, 2.05) is 0 Å². The number of imide groups is 1. The first-order valence-corrected chi connectivity index (χ1v) is 7.83. The van der Waals surface area contributed by atoms with Crippen molar-refractivity contribution in [2.24, 2.45) is 0 Å². The van der Waals surface area contributed by atoms with Crippen LogP contribution in [0.4, 0.5) is 4.39 Å². The second kappa shape index (κ2) is 6.87. The van der Waals surface area contributed by atoms with E-state index < -0.39 is 42.0 Å². The highest BCUT2D eigenvalue weighted by molar-refractivity contribution is 6.22. The van der Waals surface area contributed by atoms with Crippen LogP contribution in [-0.2, 0) is 9.53 Å². The Morgan fingerprint density at radius 3 is 2.08 bits per heavy atom. The maximum absolute atomic E-state index is 12.9. The third-order valence-electron chi connectivity index (χ3n) is 3.97. The van der Waals surface area contributed by atoms with Crippen LogP contribution in [0.3, 0.4) is 0 Å². The number of fused-ring (bicyclic) bond motifs is 1. The average molecular weight is 355 g/mol. The van der Waals surface area contributed by atoms with Gasteiger partial charge in [-0.15, -0.1) is 0 Å². The van der Waals surface area contributed by atoms with E-state index in [0.29, 0.717) is 0 Å². The number of carbonyl (C=O) groups excluding carboxylic acids is 4. The van der Waals surface area contributed by atoms with Crippen molar-refractivity contribution in [3.8, 4) is 0 Å². The van der Waals surface area contributed by atoms with Gasteiger partial charge in [-0.05, 0) is 43.3 Å². The van der Waals surface area contributed by atoms with Gasteiger partial charge in [-0.3, -0.25) is 24.1 Å². The van der Waals surface area contributed by atoms with Crippen molar-refractivity contribution < 1.29 is 28.3 Å².